The molecule has 2 rings (SSSR count). The highest BCUT2D eigenvalue weighted by atomic mass is 19.1. The van der Waals surface area contributed by atoms with Crippen LogP contribution in [0.2, 0.25) is 0 Å². The van der Waals surface area contributed by atoms with Crippen molar-refractivity contribution in [3.05, 3.63) is 69.4 Å². The Balaban J connectivity index is 2.14. The molecule has 0 spiro atoms. The van der Waals surface area contributed by atoms with E-state index in [1.165, 1.54) is 24.3 Å². The average Bonchev–Trinajstić information content (AvgIpc) is 2.46. The number of carboxylic acids is 1. The largest absolute Gasteiger partial charge is 0.477 e. The minimum absolute atomic E-state index is 0.0931. The van der Waals surface area contributed by atoms with E-state index in [1.807, 2.05) is 0 Å². The van der Waals surface area contributed by atoms with Gasteiger partial charge in [-0.15, -0.1) is 0 Å². The fourth-order valence-corrected chi connectivity index (χ4v) is 1.69. The van der Waals surface area contributed by atoms with Gasteiger partial charge in [-0.1, -0.05) is 12.1 Å². The molecule has 6 nitrogen and oxygen atoms in total. The first kappa shape index (κ1) is 14.4. The van der Waals surface area contributed by atoms with E-state index >= 15 is 0 Å². The predicted molar refractivity (Wildman–Crippen MR) is 71.6 cm³/mol. The topological polar surface area (TPSA) is 99.3 Å². The van der Waals surface area contributed by atoms with Gasteiger partial charge < -0.3 is 15.4 Å². The number of aromatic amines is 1. The van der Waals surface area contributed by atoms with E-state index in [2.05, 4.69) is 10.3 Å². The van der Waals surface area contributed by atoms with Gasteiger partial charge in [0, 0.05) is 18.9 Å². The summed E-state index contributed by atoms with van der Waals surface area (Å²) in [6, 6.07) is 5.49. The molecule has 1 aromatic carbocycles. The van der Waals surface area contributed by atoms with Crippen molar-refractivity contribution in [2.75, 3.05) is 0 Å². The van der Waals surface area contributed by atoms with Gasteiger partial charge in [-0.3, -0.25) is 9.59 Å². The number of hydrogen-bond donors (Lipinski definition) is 3. The molecule has 3 N–H and O–H groups in total. The molecule has 0 saturated heterocycles. The van der Waals surface area contributed by atoms with E-state index in [0.29, 0.717) is 5.56 Å². The second kappa shape index (κ2) is 6.00. The van der Waals surface area contributed by atoms with Crippen LogP contribution in [0.5, 0.6) is 0 Å². The quantitative estimate of drug-likeness (QED) is 0.786. The van der Waals surface area contributed by atoms with Crippen LogP contribution in [-0.4, -0.2) is 22.0 Å². The van der Waals surface area contributed by atoms with Crippen LogP contribution in [0.25, 0.3) is 0 Å². The van der Waals surface area contributed by atoms with Crippen LogP contribution < -0.4 is 10.7 Å². The zero-order valence-electron chi connectivity index (χ0n) is 10.7. The maximum absolute atomic E-state index is 12.7. The Morgan fingerprint density at radius 3 is 2.38 bits per heavy atom. The number of pyridine rings is 1. The van der Waals surface area contributed by atoms with E-state index in [4.69, 9.17) is 5.11 Å². The normalized spacial score (nSPS) is 10.1. The van der Waals surface area contributed by atoms with Crippen LogP contribution in [0.1, 0.15) is 26.3 Å². The lowest BCUT2D eigenvalue weighted by Crippen LogP contribution is -2.30. The highest BCUT2D eigenvalue weighted by Crippen LogP contribution is 2.02. The van der Waals surface area contributed by atoms with E-state index in [9.17, 15) is 18.8 Å². The van der Waals surface area contributed by atoms with Crippen LogP contribution in [0.15, 0.2) is 41.5 Å². The molecule has 1 heterocycles. The van der Waals surface area contributed by atoms with Gasteiger partial charge in [-0.25, -0.2) is 9.18 Å². The Morgan fingerprint density at radius 2 is 1.76 bits per heavy atom. The number of aromatic carboxylic acids is 1. The van der Waals surface area contributed by atoms with Gasteiger partial charge in [0.25, 0.3) is 5.91 Å². The van der Waals surface area contributed by atoms with Gasteiger partial charge in [0.2, 0.25) is 5.43 Å². The molecule has 0 atom stereocenters. The van der Waals surface area contributed by atoms with Gasteiger partial charge in [-0.2, -0.15) is 0 Å². The molecule has 0 unspecified atom stereocenters. The summed E-state index contributed by atoms with van der Waals surface area (Å²) >= 11 is 0. The molecule has 0 aliphatic heterocycles. The molecular formula is C14H11FN2O4. The van der Waals surface area contributed by atoms with Gasteiger partial charge in [0.15, 0.2) is 0 Å². The van der Waals surface area contributed by atoms with Crippen molar-refractivity contribution in [1.29, 1.82) is 0 Å². The first-order chi connectivity index (χ1) is 9.99. The number of aromatic nitrogens is 1. The fraction of sp³-hybridized carbons (Fsp3) is 0.0714. The van der Waals surface area contributed by atoms with Gasteiger partial charge in [0.05, 0.1) is 0 Å². The van der Waals surface area contributed by atoms with Gasteiger partial charge in [-0.05, 0) is 17.7 Å². The maximum atomic E-state index is 12.7. The van der Waals surface area contributed by atoms with Gasteiger partial charge in [0.1, 0.15) is 16.9 Å². The summed E-state index contributed by atoms with van der Waals surface area (Å²) in [5.41, 5.74) is -1.02. The standard InChI is InChI=1S/C14H11FN2O4/c15-9-3-1-8(2-4-9)5-17-13(19)10-6-16-7-11(12(10)18)14(20)21/h1-4,6-7H,5H2,(H,16,18)(H,17,19)(H,20,21). The number of amides is 1. The molecule has 0 aliphatic carbocycles. The maximum Gasteiger partial charge on any atom is 0.341 e. The monoisotopic (exact) mass is 290 g/mol. The Kier molecular flexibility index (Phi) is 4.13. The Labute approximate surface area is 118 Å². The molecule has 0 saturated carbocycles. The van der Waals surface area contributed by atoms with Crippen molar-refractivity contribution in [2.24, 2.45) is 0 Å². The molecule has 1 amide bonds. The number of carboxylic acid groups (broad SMARTS) is 1. The SMILES string of the molecule is O=C(O)c1c[nH]cc(C(=O)NCc2ccc(F)cc2)c1=O. The zero-order valence-corrected chi connectivity index (χ0v) is 10.7. The second-order valence-electron chi connectivity index (χ2n) is 4.23. The van der Waals surface area contributed by atoms with Crippen molar-refractivity contribution < 1.29 is 19.1 Å². The highest BCUT2D eigenvalue weighted by Gasteiger charge is 2.16. The lowest BCUT2D eigenvalue weighted by atomic mass is 10.1. The summed E-state index contributed by atoms with van der Waals surface area (Å²) in [7, 11) is 0. The number of H-pyrrole nitrogens is 1. The van der Waals surface area contributed by atoms with Crippen LogP contribution in [0.3, 0.4) is 0 Å². The summed E-state index contributed by atoms with van der Waals surface area (Å²) < 4.78 is 12.7. The fourth-order valence-electron chi connectivity index (χ4n) is 1.69. The van der Waals surface area contributed by atoms with Crippen LogP contribution in [0.4, 0.5) is 4.39 Å². The molecule has 0 radical (unpaired) electrons. The molecule has 7 heteroatoms. The number of nitrogens with one attached hydrogen (secondary N) is 2. The minimum Gasteiger partial charge on any atom is -0.477 e. The van der Waals surface area contributed by atoms with Crippen molar-refractivity contribution >= 4 is 11.9 Å². The van der Waals surface area contributed by atoms with E-state index < -0.39 is 28.7 Å². The summed E-state index contributed by atoms with van der Waals surface area (Å²) in [5, 5.41) is 11.3. The van der Waals surface area contributed by atoms with Gasteiger partial charge >= 0.3 is 5.97 Å². The van der Waals surface area contributed by atoms with E-state index in [-0.39, 0.29) is 12.1 Å². The zero-order chi connectivity index (χ0) is 15.4. The van der Waals surface area contributed by atoms with E-state index in [1.54, 1.807) is 0 Å². The number of halogens is 1. The van der Waals surface area contributed by atoms with Crippen molar-refractivity contribution in [2.45, 2.75) is 6.54 Å². The summed E-state index contributed by atoms with van der Waals surface area (Å²) in [6.07, 6.45) is 2.15. The first-order valence-corrected chi connectivity index (χ1v) is 5.96. The lowest BCUT2D eigenvalue weighted by Gasteiger charge is -2.05. The first-order valence-electron chi connectivity index (χ1n) is 5.96. The third-order valence-electron chi connectivity index (χ3n) is 2.79. The van der Waals surface area contributed by atoms with Crippen molar-refractivity contribution in [3.63, 3.8) is 0 Å². The van der Waals surface area contributed by atoms with Crippen molar-refractivity contribution in [3.8, 4) is 0 Å². The third kappa shape index (κ3) is 3.33. The number of hydrogen-bond acceptors (Lipinski definition) is 3. The van der Waals surface area contributed by atoms with Crippen LogP contribution in [0, 0.1) is 5.82 Å². The Morgan fingerprint density at radius 1 is 1.14 bits per heavy atom. The molecular weight excluding hydrogens is 279 g/mol. The molecule has 21 heavy (non-hydrogen) atoms. The second-order valence-corrected chi connectivity index (χ2v) is 4.23. The number of carbonyl (C=O) groups excluding carboxylic acids is 1. The highest BCUT2D eigenvalue weighted by molar-refractivity contribution is 5.96. The van der Waals surface area contributed by atoms with Crippen LogP contribution in [-0.2, 0) is 6.54 Å². The summed E-state index contributed by atoms with van der Waals surface area (Å²) in [5.74, 6) is -2.51. The van der Waals surface area contributed by atoms with E-state index in [0.717, 1.165) is 12.4 Å². The number of benzene rings is 1. The minimum atomic E-state index is -1.41. The molecule has 0 fully saturated rings. The molecule has 0 bridgehead atoms. The molecule has 2 aromatic rings. The van der Waals surface area contributed by atoms with Crippen molar-refractivity contribution in [1.82, 2.24) is 10.3 Å². The number of carbonyl (C=O) groups is 2. The van der Waals surface area contributed by atoms with Crippen LogP contribution >= 0.6 is 0 Å². The lowest BCUT2D eigenvalue weighted by molar-refractivity contribution is 0.0695. The predicted octanol–water partition coefficient (Wildman–Crippen LogP) is 1.14. The molecule has 0 aliphatic rings. The Bertz CT molecular complexity index is 737. The summed E-state index contributed by atoms with van der Waals surface area (Å²) in [4.78, 5) is 36.9. The smallest absolute Gasteiger partial charge is 0.341 e. The molecule has 108 valence electrons. The Hall–Kier alpha value is -2.96. The summed E-state index contributed by atoms with van der Waals surface area (Å²) in [6.45, 7) is 0.0931. The third-order valence-corrected chi connectivity index (χ3v) is 2.79. The molecule has 1 aromatic heterocycles. The number of rotatable bonds is 4. The average molecular weight is 290 g/mol.